The first kappa shape index (κ1) is 16.2. The Bertz CT molecular complexity index is 584. The normalized spacial score (nSPS) is 31.9. The number of hydrogen-bond donors (Lipinski definition) is 0. The molecule has 2 rings (SSSR count). The van der Waals surface area contributed by atoms with Gasteiger partial charge in [0.2, 0.25) is 0 Å². The molecular formula is C17H20O5. The van der Waals surface area contributed by atoms with Gasteiger partial charge in [-0.3, -0.25) is 9.59 Å². The van der Waals surface area contributed by atoms with Crippen LogP contribution in [0.15, 0.2) is 36.0 Å². The number of carbonyl (C=O) groups excluding carboxylic acids is 3. The predicted molar refractivity (Wildman–Crippen MR) is 79.8 cm³/mol. The highest BCUT2D eigenvalue weighted by atomic mass is 16.6. The van der Waals surface area contributed by atoms with Crippen LogP contribution in [0, 0.1) is 5.92 Å². The fourth-order valence-corrected chi connectivity index (χ4v) is 2.86. The molecule has 0 aromatic rings. The van der Waals surface area contributed by atoms with Crippen molar-refractivity contribution in [2.75, 3.05) is 0 Å². The average Bonchev–Trinajstić information content (AvgIpc) is 2.64. The van der Waals surface area contributed by atoms with E-state index in [2.05, 4.69) is 13.2 Å². The van der Waals surface area contributed by atoms with Gasteiger partial charge in [-0.2, -0.15) is 0 Å². The summed E-state index contributed by atoms with van der Waals surface area (Å²) in [6, 6.07) is 0. The highest BCUT2D eigenvalue weighted by molar-refractivity contribution is 5.98. The molecule has 3 atom stereocenters. The van der Waals surface area contributed by atoms with Crippen molar-refractivity contribution in [1.29, 1.82) is 0 Å². The molecule has 2 aliphatic rings. The van der Waals surface area contributed by atoms with Crippen LogP contribution < -0.4 is 0 Å². The topological polar surface area (TPSA) is 69.7 Å². The molecule has 1 heterocycles. The molecule has 5 heteroatoms. The lowest BCUT2D eigenvalue weighted by Crippen LogP contribution is -2.25. The van der Waals surface area contributed by atoms with Crippen LogP contribution in [-0.2, 0) is 23.9 Å². The van der Waals surface area contributed by atoms with Gasteiger partial charge in [-0.15, -0.1) is 0 Å². The summed E-state index contributed by atoms with van der Waals surface area (Å²) in [5.41, 5.74) is 1.66. The van der Waals surface area contributed by atoms with E-state index >= 15 is 0 Å². The molecule has 0 aromatic heterocycles. The molecule has 0 radical (unpaired) electrons. The molecule has 0 spiro atoms. The van der Waals surface area contributed by atoms with E-state index < -0.39 is 24.1 Å². The van der Waals surface area contributed by atoms with Gasteiger partial charge in [0.1, 0.15) is 12.2 Å². The first-order valence-corrected chi connectivity index (χ1v) is 7.23. The number of fused-ring (bicyclic) bond motifs is 1. The van der Waals surface area contributed by atoms with Crippen molar-refractivity contribution in [3.8, 4) is 0 Å². The van der Waals surface area contributed by atoms with Crippen LogP contribution in [0.4, 0.5) is 0 Å². The third-order valence-electron chi connectivity index (χ3n) is 3.98. The van der Waals surface area contributed by atoms with E-state index in [1.807, 2.05) is 6.92 Å². The Labute approximate surface area is 129 Å². The lowest BCUT2D eigenvalue weighted by molar-refractivity contribution is -0.144. The maximum Gasteiger partial charge on any atom is 0.334 e. The van der Waals surface area contributed by atoms with E-state index in [1.165, 1.54) is 6.92 Å². The van der Waals surface area contributed by atoms with Crippen molar-refractivity contribution < 1.29 is 23.9 Å². The largest absolute Gasteiger partial charge is 0.458 e. The zero-order valence-corrected chi connectivity index (χ0v) is 12.9. The predicted octanol–water partition coefficient (Wildman–Crippen LogP) is 2.27. The number of ketones is 1. The standard InChI is InChI=1S/C17H20O5/c1-9-5-13(21-12(4)18)7-10(2)15(19)8-14-11(3)17(20)22-16(14)6-9/h5,13-14,16H,2-3,6-8H2,1,4H3/b9-5+/t13-,14+,16-/m0/s1. The molecule has 1 aliphatic heterocycles. The maximum atomic E-state index is 12.3. The van der Waals surface area contributed by atoms with Gasteiger partial charge in [0.05, 0.1) is 0 Å². The second kappa shape index (κ2) is 6.30. The Morgan fingerprint density at radius 3 is 2.59 bits per heavy atom. The van der Waals surface area contributed by atoms with Crippen LogP contribution >= 0.6 is 0 Å². The molecule has 5 nitrogen and oxygen atoms in total. The van der Waals surface area contributed by atoms with E-state index in [9.17, 15) is 14.4 Å². The number of ether oxygens (including phenoxy) is 2. The van der Waals surface area contributed by atoms with E-state index in [0.29, 0.717) is 17.6 Å². The lowest BCUT2D eigenvalue weighted by Gasteiger charge is -2.22. The Hall–Kier alpha value is -2.17. The van der Waals surface area contributed by atoms with Crippen LogP contribution in [0.3, 0.4) is 0 Å². The number of hydrogen-bond acceptors (Lipinski definition) is 5. The first-order chi connectivity index (χ1) is 10.3. The van der Waals surface area contributed by atoms with Crippen molar-refractivity contribution >= 4 is 17.7 Å². The third kappa shape index (κ3) is 3.53. The Kier molecular flexibility index (Phi) is 4.64. The lowest BCUT2D eigenvalue weighted by atomic mass is 9.85. The van der Waals surface area contributed by atoms with Gasteiger partial charge >= 0.3 is 11.9 Å². The minimum absolute atomic E-state index is 0.147. The van der Waals surface area contributed by atoms with Crippen LogP contribution in [0.2, 0.25) is 0 Å². The zero-order chi connectivity index (χ0) is 16.4. The molecule has 0 unspecified atom stereocenters. The molecule has 22 heavy (non-hydrogen) atoms. The molecule has 0 saturated carbocycles. The first-order valence-electron chi connectivity index (χ1n) is 7.23. The fraction of sp³-hybridized carbons (Fsp3) is 0.471. The van der Waals surface area contributed by atoms with Crippen molar-refractivity contribution in [3.05, 3.63) is 36.0 Å². The SMILES string of the molecule is C=C1C[C@@H](OC(C)=O)/C=C(\C)C[C@@H]2OC(=O)C(=C)[C@H]2CC1=O. The Morgan fingerprint density at radius 1 is 1.27 bits per heavy atom. The van der Waals surface area contributed by atoms with Crippen LogP contribution in [-0.4, -0.2) is 29.9 Å². The van der Waals surface area contributed by atoms with Gasteiger partial charge < -0.3 is 9.47 Å². The average molecular weight is 304 g/mol. The number of Topliss-reactive ketones (excluding diaryl/α,β-unsaturated/α-hetero) is 1. The minimum atomic E-state index is -0.522. The van der Waals surface area contributed by atoms with E-state index in [-0.39, 0.29) is 24.5 Å². The summed E-state index contributed by atoms with van der Waals surface area (Å²) >= 11 is 0. The number of carbonyl (C=O) groups is 3. The third-order valence-corrected chi connectivity index (χ3v) is 3.98. The molecule has 0 amide bonds. The Balaban J connectivity index is 2.30. The Morgan fingerprint density at radius 2 is 1.95 bits per heavy atom. The molecule has 1 saturated heterocycles. The smallest absolute Gasteiger partial charge is 0.334 e. The monoisotopic (exact) mass is 304 g/mol. The molecule has 0 N–H and O–H groups in total. The van der Waals surface area contributed by atoms with E-state index in [1.54, 1.807) is 6.08 Å². The van der Waals surface area contributed by atoms with Gasteiger partial charge in [-0.1, -0.05) is 18.7 Å². The number of rotatable bonds is 1. The second-order valence-electron chi connectivity index (χ2n) is 5.88. The summed E-state index contributed by atoms with van der Waals surface area (Å²) in [5, 5.41) is 0. The number of esters is 2. The van der Waals surface area contributed by atoms with E-state index in [0.717, 1.165) is 5.57 Å². The molecule has 0 bridgehead atoms. The van der Waals surface area contributed by atoms with Gasteiger partial charge in [0, 0.05) is 37.7 Å². The maximum absolute atomic E-state index is 12.3. The van der Waals surface area contributed by atoms with Crippen molar-refractivity contribution in [3.63, 3.8) is 0 Å². The molecular weight excluding hydrogens is 284 g/mol. The molecule has 1 fully saturated rings. The minimum Gasteiger partial charge on any atom is -0.458 e. The van der Waals surface area contributed by atoms with Crippen LogP contribution in [0.5, 0.6) is 0 Å². The summed E-state index contributed by atoms with van der Waals surface area (Å²) in [6.07, 6.45) is 1.77. The van der Waals surface area contributed by atoms with Crippen LogP contribution in [0.25, 0.3) is 0 Å². The summed E-state index contributed by atoms with van der Waals surface area (Å²) < 4.78 is 10.5. The zero-order valence-electron chi connectivity index (χ0n) is 12.9. The summed E-state index contributed by atoms with van der Waals surface area (Å²) in [4.78, 5) is 35.1. The van der Waals surface area contributed by atoms with Crippen LogP contribution in [0.1, 0.15) is 33.1 Å². The quantitative estimate of drug-likeness (QED) is 0.422. The molecule has 1 aliphatic carbocycles. The molecule has 118 valence electrons. The summed E-state index contributed by atoms with van der Waals surface area (Å²) in [7, 11) is 0. The van der Waals surface area contributed by atoms with Crippen molar-refractivity contribution in [2.24, 2.45) is 5.92 Å². The second-order valence-corrected chi connectivity index (χ2v) is 5.88. The van der Waals surface area contributed by atoms with Gasteiger partial charge in [-0.25, -0.2) is 4.79 Å². The van der Waals surface area contributed by atoms with Crippen molar-refractivity contribution in [2.45, 2.75) is 45.3 Å². The summed E-state index contributed by atoms with van der Waals surface area (Å²) in [5.74, 6) is -1.33. The van der Waals surface area contributed by atoms with Gasteiger partial charge in [0.15, 0.2) is 5.78 Å². The molecule has 0 aromatic carbocycles. The van der Waals surface area contributed by atoms with Gasteiger partial charge in [-0.05, 0) is 18.6 Å². The van der Waals surface area contributed by atoms with Gasteiger partial charge in [0.25, 0.3) is 0 Å². The highest BCUT2D eigenvalue weighted by Gasteiger charge is 2.40. The fourth-order valence-electron chi connectivity index (χ4n) is 2.86. The highest BCUT2D eigenvalue weighted by Crippen LogP contribution is 2.35. The van der Waals surface area contributed by atoms with E-state index in [4.69, 9.17) is 9.47 Å². The summed E-state index contributed by atoms with van der Waals surface area (Å²) in [6.45, 7) is 10.7. The van der Waals surface area contributed by atoms with Crippen molar-refractivity contribution in [1.82, 2.24) is 0 Å².